The van der Waals surface area contributed by atoms with E-state index in [1.54, 1.807) is 17.3 Å². The standard InChI is InChI=1S/C18H22N4O2S/c1-3-20-16(23)14-7-5-9-22(11-14)18(24)15-12(2)21-17(25-15)13-6-4-8-19-10-13/h4,6,8,10,14H,3,5,7,9,11H2,1-2H3,(H,20,23). The number of amides is 2. The van der Waals surface area contributed by atoms with Gasteiger partial charge in [0.25, 0.3) is 5.91 Å². The first-order chi connectivity index (χ1) is 12.1. The zero-order chi connectivity index (χ0) is 17.8. The first-order valence-electron chi connectivity index (χ1n) is 8.55. The summed E-state index contributed by atoms with van der Waals surface area (Å²) in [6.07, 6.45) is 5.14. The van der Waals surface area contributed by atoms with E-state index in [1.165, 1.54) is 11.3 Å². The summed E-state index contributed by atoms with van der Waals surface area (Å²) in [4.78, 5) is 36.1. The SMILES string of the molecule is CCNC(=O)C1CCCN(C(=O)c2sc(-c3cccnc3)nc2C)C1. The summed E-state index contributed by atoms with van der Waals surface area (Å²) >= 11 is 1.39. The fraction of sp³-hybridized carbons (Fsp3) is 0.444. The van der Waals surface area contributed by atoms with Gasteiger partial charge in [0.2, 0.25) is 5.91 Å². The zero-order valence-electron chi connectivity index (χ0n) is 14.5. The molecular formula is C18H22N4O2S. The Labute approximate surface area is 151 Å². The van der Waals surface area contributed by atoms with Gasteiger partial charge in [-0.15, -0.1) is 11.3 Å². The molecule has 1 atom stereocenters. The quantitative estimate of drug-likeness (QED) is 0.911. The first kappa shape index (κ1) is 17.5. The van der Waals surface area contributed by atoms with Crippen LogP contribution >= 0.6 is 11.3 Å². The van der Waals surface area contributed by atoms with E-state index in [4.69, 9.17) is 0 Å². The lowest BCUT2D eigenvalue weighted by Crippen LogP contribution is -2.45. The van der Waals surface area contributed by atoms with Gasteiger partial charge in [0.15, 0.2) is 0 Å². The molecule has 3 heterocycles. The van der Waals surface area contributed by atoms with Gasteiger partial charge >= 0.3 is 0 Å². The van der Waals surface area contributed by atoms with Gasteiger partial charge in [-0.1, -0.05) is 0 Å². The molecule has 3 rings (SSSR count). The molecule has 0 spiro atoms. The number of hydrogen-bond donors (Lipinski definition) is 1. The van der Waals surface area contributed by atoms with Gasteiger partial charge in [0.05, 0.1) is 11.6 Å². The van der Waals surface area contributed by atoms with Crippen molar-refractivity contribution in [1.29, 1.82) is 0 Å². The number of aryl methyl sites for hydroxylation is 1. The number of piperidine rings is 1. The Bertz CT molecular complexity index is 760. The highest BCUT2D eigenvalue weighted by molar-refractivity contribution is 7.17. The lowest BCUT2D eigenvalue weighted by molar-refractivity contribution is -0.126. The van der Waals surface area contributed by atoms with Crippen LogP contribution in [0.15, 0.2) is 24.5 Å². The lowest BCUT2D eigenvalue weighted by atomic mass is 9.97. The van der Waals surface area contributed by atoms with E-state index in [-0.39, 0.29) is 17.7 Å². The van der Waals surface area contributed by atoms with E-state index in [2.05, 4.69) is 15.3 Å². The Morgan fingerprint density at radius 3 is 3.00 bits per heavy atom. The van der Waals surface area contributed by atoms with Gasteiger partial charge in [-0.2, -0.15) is 0 Å². The van der Waals surface area contributed by atoms with Crippen LogP contribution in [-0.2, 0) is 4.79 Å². The van der Waals surface area contributed by atoms with Crippen LogP contribution in [0.25, 0.3) is 10.6 Å². The number of hydrogen-bond acceptors (Lipinski definition) is 5. The first-order valence-corrected chi connectivity index (χ1v) is 9.36. The third-order valence-corrected chi connectivity index (χ3v) is 5.52. The lowest BCUT2D eigenvalue weighted by Gasteiger charge is -2.31. The van der Waals surface area contributed by atoms with Crippen LogP contribution in [-0.4, -0.2) is 46.3 Å². The average molecular weight is 358 g/mol. The largest absolute Gasteiger partial charge is 0.356 e. The van der Waals surface area contributed by atoms with E-state index in [1.807, 2.05) is 26.0 Å². The number of carbonyl (C=O) groups excluding carboxylic acids is 2. The molecule has 2 aromatic heterocycles. The Morgan fingerprint density at radius 1 is 1.44 bits per heavy atom. The van der Waals surface area contributed by atoms with Gasteiger partial charge in [-0.3, -0.25) is 14.6 Å². The van der Waals surface area contributed by atoms with Crippen molar-refractivity contribution >= 4 is 23.2 Å². The highest BCUT2D eigenvalue weighted by atomic mass is 32.1. The molecule has 0 radical (unpaired) electrons. The maximum Gasteiger partial charge on any atom is 0.265 e. The predicted molar refractivity (Wildman–Crippen MR) is 97.4 cm³/mol. The third kappa shape index (κ3) is 3.87. The van der Waals surface area contributed by atoms with Gasteiger partial charge in [-0.05, 0) is 38.8 Å². The van der Waals surface area contributed by atoms with Crippen molar-refractivity contribution in [2.45, 2.75) is 26.7 Å². The fourth-order valence-corrected chi connectivity index (χ4v) is 4.07. The summed E-state index contributed by atoms with van der Waals surface area (Å²) in [5, 5.41) is 3.66. The molecule has 1 aliphatic rings. The molecule has 0 bridgehead atoms. The molecule has 1 N–H and O–H groups in total. The second kappa shape index (κ2) is 7.74. The summed E-state index contributed by atoms with van der Waals surface area (Å²) in [5.74, 6) is -0.111. The number of nitrogens with one attached hydrogen (secondary N) is 1. The molecule has 2 amide bonds. The van der Waals surface area contributed by atoms with Crippen LogP contribution in [0.1, 0.15) is 35.1 Å². The number of likely N-dealkylation sites (tertiary alicyclic amines) is 1. The van der Waals surface area contributed by atoms with E-state index in [0.29, 0.717) is 24.5 Å². The monoisotopic (exact) mass is 358 g/mol. The Morgan fingerprint density at radius 2 is 2.28 bits per heavy atom. The van der Waals surface area contributed by atoms with Crippen LogP contribution in [0.2, 0.25) is 0 Å². The van der Waals surface area contributed by atoms with Crippen molar-refractivity contribution in [2.75, 3.05) is 19.6 Å². The average Bonchev–Trinajstić information content (AvgIpc) is 3.04. The molecule has 6 nitrogen and oxygen atoms in total. The number of thiazole rings is 1. The highest BCUT2D eigenvalue weighted by Gasteiger charge is 2.30. The van der Waals surface area contributed by atoms with Crippen LogP contribution in [0.3, 0.4) is 0 Å². The minimum atomic E-state index is -0.122. The van der Waals surface area contributed by atoms with Crippen molar-refractivity contribution < 1.29 is 9.59 Å². The summed E-state index contributed by atoms with van der Waals surface area (Å²) in [7, 11) is 0. The number of aromatic nitrogens is 2. The molecule has 1 aliphatic heterocycles. The maximum atomic E-state index is 12.9. The summed E-state index contributed by atoms with van der Waals surface area (Å²) < 4.78 is 0. The second-order valence-electron chi connectivity index (χ2n) is 6.16. The number of rotatable bonds is 4. The molecule has 132 valence electrons. The molecule has 0 aromatic carbocycles. The van der Waals surface area contributed by atoms with Gasteiger partial charge in [-0.25, -0.2) is 4.98 Å². The van der Waals surface area contributed by atoms with E-state index in [0.717, 1.165) is 29.1 Å². The number of pyridine rings is 1. The molecule has 1 unspecified atom stereocenters. The predicted octanol–water partition coefficient (Wildman–Crippen LogP) is 2.50. The minimum Gasteiger partial charge on any atom is -0.356 e. The fourth-order valence-electron chi connectivity index (χ4n) is 3.05. The van der Waals surface area contributed by atoms with E-state index in [9.17, 15) is 9.59 Å². The van der Waals surface area contributed by atoms with Gasteiger partial charge in [0.1, 0.15) is 9.88 Å². The second-order valence-corrected chi connectivity index (χ2v) is 7.16. The Kier molecular flexibility index (Phi) is 5.43. The van der Waals surface area contributed by atoms with Crippen molar-refractivity contribution in [1.82, 2.24) is 20.2 Å². The maximum absolute atomic E-state index is 12.9. The normalized spacial score (nSPS) is 17.4. The molecule has 25 heavy (non-hydrogen) atoms. The zero-order valence-corrected chi connectivity index (χ0v) is 15.3. The van der Waals surface area contributed by atoms with E-state index >= 15 is 0 Å². The summed E-state index contributed by atoms with van der Waals surface area (Å²) in [5.41, 5.74) is 1.64. The molecule has 1 fully saturated rings. The summed E-state index contributed by atoms with van der Waals surface area (Å²) in [6, 6.07) is 3.79. The molecule has 0 saturated carbocycles. The van der Waals surface area contributed by atoms with Gasteiger partial charge < -0.3 is 10.2 Å². The van der Waals surface area contributed by atoms with E-state index < -0.39 is 0 Å². The smallest absolute Gasteiger partial charge is 0.265 e. The third-order valence-electron chi connectivity index (χ3n) is 4.33. The highest BCUT2D eigenvalue weighted by Crippen LogP contribution is 2.29. The van der Waals surface area contributed by atoms with Crippen LogP contribution in [0, 0.1) is 12.8 Å². The molecular weight excluding hydrogens is 336 g/mol. The molecule has 7 heteroatoms. The Hall–Kier alpha value is -2.28. The van der Waals surface area contributed by atoms with Crippen molar-refractivity contribution in [2.24, 2.45) is 5.92 Å². The molecule has 1 saturated heterocycles. The van der Waals surface area contributed by atoms with Crippen molar-refractivity contribution in [3.05, 3.63) is 35.1 Å². The van der Waals surface area contributed by atoms with Gasteiger partial charge in [0, 0.05) is 37.6 Å². The molecule has 2 aromatic rings. The van der Waals surface area contributed by atoms with Crippen molar-refractivity contribution in [3.8, 4) is 10.6 Å². The Balaban J connectivity index is 1.77. The van der Waals surface area contributed by atoms with Crippen LogP contribution in [0.5, 0.6) is 0 Å². The number of carbonyl (C=O) groups is 2. The molecule has 0 aliphatic carbocycles. The topological polar surface area (TPSA) is 75.2 Å². The van der Waals surface area contributed by atoms with Crippen LogP contribution < -0.4 is 5.32 Å². The van der Waals surface area contributed by atoms with Crippen molar-refractivity contribution in [3.63, 3.8) is 0 Å². The number of nitrogens with zero attached hydrogens (tertiary/aromatic N) is 3. The minimum absolute atomic E-state index is 0.0286. The van der Waals surface area contributed by atoms with Crippen LogP contribution in [0.4, 0.5) is 0 Å². The summed E-state index contributed by atoms with van der Waals surface area (Å²) in [6.45, 7) is 5.54.